The summed E-state index contributed by atoms with van der Waals surface area (Å²) in [5.74, 6) is 0. The van der Waals surface area contributed by atoms with Gasteiger partial charge in [0.15, 0.2) is 0 Å². The monoisotopic (exact) mass is 200 g/mol. The molecule has 0 unspecified atom stereocenters. The fourth-order valence-corrected chi connectivity index (χ4v) is 3.29. The molecule has 5 heteroatoms. The van der Waals surface area contributed by atoms with Crippen LogP contribution in [0.5, 0.6) is 0 Å². The smallest absolute Gasteiger partial charge is 0.370 e. The Labute approximate surface area is 70.9 Å². The highest BCUT2D eigenvalue weighted by molar-refractivity contribution is 7.57. The summed E-state index contributed by atoms with van der Waals surface area (Å²) in [5, 5.41) is 0. The highest BCUT2D eigenvalue weighted by Crippen LogP contribution is 2.23. The van der Waals surface area contributed by atoms with Gasteiger partial charge in [-0.1, -0.05) is 13.3 Å². The maximum absolute atomic E-state index is 10.8. The number of hydrogen-bond acceptors (Lipinski definition) is 2. The minimum atomic E-state index is -2.72. The number of ether oxygens (including phenoxy) is 1. The van der Waals surface area contributed by atoms with Crippen molar-refractivity contribution in [3.05, 3.63) is 0 Å². The molecule has 0 amide bonds. The molecule has 0 rings (SSSR count). The van der Waals surface area contributed by atoms with Crippen molar-refractivity contribution in [2.24, 2.45) is 0 Å². The predicted octanol–water partition coefficient (Wildman–Crippen LogP) is 2.66. The molecule has 0 aromatic rings. The number of hydrogen-bond donors (Lipinski definition) is 0. The van der Waals surface area contributed by atoms with Crippen molar-refractivity contribution in [1.29, 1.82) is 0 Å². The Morgan fingerprint density at radius 3 is 2.40 bits per heavy atom. The van der Waals surface area contributed by atoms with Crippen LogP contribution in [-0.4, -0.2) is 19.4 Å². The lowest BCUT2D eigenvalue weighted by Crippen LogP contribution is -2.31. The maximum atomic E-state index is 10.8. The van der Waals surface area contributed by atoms with Gasteiger partial charge in [0, 0.05) is 0 Å². The van der Waals surface area contributed by atoms with E-state index >= 15 is 0 Å². The molecule has 0 N–H and O–H groups in total. The van der Waals surface area contributed by atoms with Gasteiger partial charge in [-0.2, -0.15) is 0 Å². The third-order valence-corrected chi connectivity index (χ3v) is 5.04. The summed E-state index contributed by atoms with van der Waals surface area (Å²) in [6.07, 6.45) is 0.814. The van der Waals surface area contributed by atoms with E-state index in [2.05, 4.69) is 4.74 Å². The summed E-state index contributed by atoms with van der Waals surface area (Å²) in [6, 6.07) is 0.558. The van der Waals surface area contributed by atoms with Gasteiger partial charge in [0.1, 0.15) is 0 Å². The van der Waals surface area contributed by atoms with Crippen LogP contribution >= 0.6 is 22.2 Å². The van der Waals surface area contributed by atoms with E-state index < -0.39 is 12.3 Å². The van der Waals surface area contributed by atoms with E-state index in [1.165, 1.54) is 7.11 Å². The Balaban J connectivity index is 3.96. The summed E-state index contributed by atoms with van der Waals surface area (Å²) in [6.45, 7) is -0.797. The zero-order chi connectivity index (χ0) is 8.20. The summed E-state index contributed by atoms with van der Waals surface area (Å²) < 4.78 is 4.43. The first-order valence-corrected chi connectivity index (χ1v) is 7.24. The first kappa shape index (κ1) is 10.3. The topological polar surface area (TPSA) is 26.3 Å². The van der Waals surface area contributed by atoms with Crippen LogP contribution in [0.15, 0.2) is 0 Å². The Morgan fingerprint density at radius 1 is 1.60 bits per heavy atom. The van der Waals surface area contributed by atoms with E-state index in [1.807, 2.05) is 6.92 Å². The number of carbonyl (C=O) groups is 1. The predicted molar refractivity (Wildman–Crippen MR) is 45.0 cm³/mol. The molecule has 0 aliphatic rings. The number of carbonyl (C=O) groups excluding carboxylic acids is 1. The minimum absolute atomic E-state index is 0.447. The van der Waals surface area contributed by atoms with E-state index in [0.717, 1.165) is 6.42 Å². The zero-order valence-electron chi connectivity index (χ0n) is 5.99. The number of rotatable bonds is 3. The summed E-state index contributed by atoms with van der Waals surface area (Å²) in [7, 11) is 1.30. The average Bonchev–Trinajstić information content (AvgIpc) is 1.86. The van der Waals surface area contributed by atoms with Crippen molar-refractivity contribution in [3.63, 3.8) is 0 Å². The normalized spacial score (nSPS) is 11.2. The third-order valence-electron chi connectivity index (χ3n) is 1.05. The second-order valence-corrected chi connectivity index (χ2v) is 8.71. The standard InChI is InChI=1S/C5H10Cl2O2Si/c1-3-4-10(6,7)5(8)9-2/h3-4H2,1-2H3. The molecular weight excluding hydrogens is 191 g/mol. The van der Waals surface area contributed by atoms with Crippen molar-refractivity contribution >= 4 is 34.4 Å². The van der Waals surface area contributed by atoms with E-state index in [0.29, 0.717) is 6.04 Å². The Kier molecular flexibility index (Phi) is 4.32. The van der Waals surface area contributed by atoms with Crippen LogP contribution in [0.1, 0.15) is 13.3 Å². The van der Waals surface area contributed by atoms with Crippen LogP contribution in [0.3, 0.4) is 0 Å². The van der Waals surface area contributed by atoms with E-state index in [1.54, 1.807) is 0 Å². The quantitative estimate of drug-likeness (QED) is 0.518. The average molecular weight is 201 g/mol. The Hall–Kier alpha value is 0.267. The van der Waals surface area contributed by atoms with Gasteiger partial charge in [0.25, 0.3) is 0 Å². The SMILES string of the molecule is CCC[Si](Cl)(Cl)C(=O)OC. The molecule has 2 nitrogen and oxygen atoms in total. The molecule has 0 saturated heterocycles. The highest BCUT2D eigenvalue weighted by Gasteiger charge is 2.38. The van der Waals surface area contributed by atoms with Gasteiger partial charge < -0.3 is 4.74 Å². The van der Waals surface area contributed by atoms with Crippen LogP contribution in [-0.2, 0) is 4.74 Å². The molecule has 0 spiro atoms. The Morgan fingerprint density at radius 2 is 2.10 bits per heavy atom. The van der Waals surface area contributed by atoms with Crippen molar-refractivity contribution in [2.45, 2.75) is 19.4 Å². The molecule has 0 aromatic heterocycles. The van der Waals surface area contributed by atoms with Gasteiger partial charge in [-0.3, -0.25) is 4.79 Å². The van der Waals surface area contributed by atoms with Gasteiger partial charge in [0.2, 0.25) is 0 Å². The lowest BCUT2D eigenvalue weighted by atomic mass is 10.6. The van der Waals surface area contributed by atoms with Crippen molar-refractivity contribution in [2.75, 3.05) is 7.11 Å². The number of halogens is 2. The molecule has 0 atom stereocenters. The number of methoxy groups -OCH3 is 1. The lowest BCUT2D eigenvalue weighted by Gasteiger charge is -2.11. The van der Waals surface area contributed by atoms with Crippen molar-refractivity contribution in [3.8, 4) is 0 Å². The van der Waals surface area contributed by atoms with Gasteiger partial charge in [-0.25, -0.2) is 0 Å². The molecule has 0 bridgehead atoms. The van der Waals surface area contributed by atoms with E-state index in [9.17, 15) is 4.79 Å². The minimum Gasteiger partial charge on any atom is -0.471 e. The molecule has 0 saturated carbocycles. The molecular formula is C5H10Cl2O2Si. The second kappa shape index (κ2) is 4.21. The van der Waals surface area contributed by atoms with Gasteiger partial charge in [0.05, 0.1) is 7.11 Å². The van der Waals surface area contributed by atoms with E-state index in [4.69, 9.17) is 22.2 Å². The van der Waals surface area contributed by atoms with Crippen LogP contribution in [0.2, 0.25) is 6.04 Å². The largest absolute Gasteiger partial charge is 0.471 e. The maximum Gasteiger partial charge on any atom is 0.370 e. The first-order chi connectivity index (χ1) is 4.54. The second-order valence-electron chi connectivity index (χ2n) is 1.95. The molecule has 10 heavy (non-hydrogen) atoms. The molecule has 0 aliphatic carbocycles. The first-order valence-electron chi connectivity index (χ1n) is 3.01. The van der Waals surface area contributed by atoms with Crippen LogP contribution in [0.25, 0.3) is 0 Å². The molecule has 0 heterocycles. The molecule has 0 radical (unpaired) electrons. The molecule has 0 aromatic carbocycles. The Bertz CT molecular complexity index is 127. The zero-order valence-corrected chi connectivity index (χ0v) is 8.50. The fraction of sp³-hybridized carbons (Fsp3) is 0.800. The van der Waals surface area contributed by atoms with Crippen LogP contribution < -0.4 is 0 Å². The van der Waals surface area contributed by atoms with Gasteiger partial charge >= 0.3 is 12.3 Å². The van der Waals surface area contributed by atoms with Crippen LogP contribution in [0.4, 0.5) is 4.79 Å². The molecule has 0 fully saturated rings. The van der Waals surface area contributed by atoms with Crippen molar-refractivity contribution < 1.29 is 9.53 Å². The van der Waals surface area contributed by atoms with Crippen LogP contribution in [0, 0.1) is 0 Å². The highest BCUT2D eigenvalue weighted by atomic mass is 35.7. The summed E-state index contributed by atoms with van der Waals surface area (Å²) in [5.41, 5.74) is -0.447. The van der Waals surface area contributed by atoms with E-state index in [-0.39, 0.29) is 0 Å². The molecule has 60 valence electrons. The molecule has 0 aliphatic heterocycles. The van der Waals surface area contributed by atoms with Gasteiger partial charge in [-0.05, 0) is 6.04 Å². The fourth-order valence-electron chi connectivity index (χ4n) is 0.565. The van der Waals surface area contributed by atoms with Gasteiger partial charge in [-0.15, -0.1) is 22.2 Å². The lowest BCUT2D eigenvalue weighted by molar-refractivity contribution is 0.197. The summed E-state index contributed by atoms with van der Waals surface area (Å²) in [4.78, 5) is 10.8. The summed E-state index contributed by atoms with van der Waals surface area (Å²) >= 11 is 11.4. The third kappa shape index (κ3) is 2.90. The van der Waals surface area contributed by atoms with Crippen molar-refractivity contribution in [1.82, 2.24) is 0 Å².